The normalized spacial score (nSPS) is 13.9. The van der Waals surface area contributed by atoms with Crippen molar-refractivity contribution in [3.8, 4) is 0 Å². The topological polar surface area (TPSA) is 43.1 Å². The molecule has 0 saturated heterocycles. The second-order valence-electron chi connectivity index (χ2n) is 5.01. The van der Waals surface area contributed by atoms with E-state index in [2.05, 4.69) is 45.2 Å². The predicted molar refractivity (Wildman–Crippen MR) is 90.1 cm³/mol. The van der Waals surface area contributed by atoms with Gasteiger partial charge in [-0.1, -0.05) is 59.6 Å². The van der Waals surface area contributed by atoms with E-state index in [0.29, 0.717) is 0 Å². The van der Waals surface area contributed by atoms with Crippen LogP contribution in [0, 0.1) is 0 Å². The second kappa shape index (κ2) is 6.75. The number of unbranched alkanes of at least 4 members (excludes halogenated alkanes) is 2. The van der Waals surface area contributed by atoms with Crippen LogP contribution in [0.3, 0.4) is 0 Å². The lowest BCUT2D eigenvalue weighted by molar-refractivity contribution is 0.647. The SMILES string of the molecule is CCCCCc1nnc2n1N=C(c1ccc(Br)cc1)CS2. The van der Waals surface area contributed by atoms with E-state index < -0.39 is 0 Å². The van der Waals surface area contributed by atoms with Crippen molar-refractivity contribution in [2.24, 2.45) is 5.10 Å². The van der Waals surface area contributed by atoms with E-state index in [9.17, 15) is 0 Å². The monoisotopic (exact) mass is 364 g/mol. The van der Waals surface area contributed by atoms with E-state index in [-0.39, 0.29) is 0 Å². The third-order valence-electron chi connectivity index (χ3n) is 3.42. The fraction of sp³-hybridized carbons (Fsp3) is 0.400. The molecule has 0 fully saturated rings. The first-order chi connectivity index (χ1) is 10.3. The summed E-state index contributed by atoms with van der Waals surface area (Å²) in [5, 5.41) is 14.2. The van der Waals surface area contributed by atoms with E-state index >= 15 is 0 Å². The molecule has 0 unspecified atom stereocenters. The summed E-state index contributed by atoms with van der Waals surface area (Å²) in [7, 11) is 0. The standard InChI is InChI=1S/C15H17BrN4S/c1-2-3-4-5-14-17-18-15-20(14)19-13(10-21-15)11-6-8-12(16)9-7-11/h6-9H,2-5,10H2,1H3. The molecule has 0 N–H and O–H groups in total. The van der Waals surface area contributed by atoms with Gasteiger partial charge in [0, 0.05) is 16.6 Å². The zero-order valence-electron chi connectivity index (χ0n) is 11.9. The first-order valence-corrected chi connectivity index (χ1v) is 8.96. The van der Waals surface area contributed by atoms with Gasteiger partial charge in [0.1, 0.15) is 0 Å². The van der Waals surface area contributed by atoms with Gasteiger partial charge in [0.05, 0.1) is 5.71 Å². The number of thioether (sulfide) groups is 1. The molecule has 0 bridgehead atoms. The summed E-state index contributed by atoms with van der Waals surface area (Å²) in [6.45, 7) is 2.21. The zero-order valence-corrected chi connectivity index (χ0v) is 14.3. The fourth-order valence-corrected chi connectivity index (χ4v) is 3.36. The molecule has 0 saturated carbocycles. The molecule has 110 valence electrons. The van der Waals surface area contributed by atoms with Gasteiger partial charge >= 0.3 is 0 Å². The Balaban J connectivity index is 1.85. The van der Waals surface area contributed by atoms with Gasteiger partial charge in [0.2, 0.25) is 5.16 Å². The Bertz CT molecular complexity index is 648. The highest BCUT2D eigenvalue weighted by Crippen LogP contribution is 2.25. The van der Waals surface area contributed by atoms with Gasteiger partial charge in [-0.05, 0) is 24.1 Å². The van der Waals surface area contributed by atoms with E-state index in [1.807, 2.05) is 16.8 Å². The number of aromatic nitrogens is 3. The number of nitrogens with zero attached hydrogens (tertiary/aromatic N) is 4. The summed E-state index contributed by atoms with van der Waals surface area (Å²) in [5.74, 6) is 1.81. The molecule has 2 aromatic rings. The number of aryl methyl sites for hydroxylation is 1. The Morgan fingerprint density at radius 1 is 1.19 bits per heavy atom. The molecule has 1 aromatic carbocycles. The summed E-state index contributed by atoms with van der Waals surface area (Å²) >= 11 is 5.17. The van der Waals surface area contributed by atoms with Crippen LogP contribution in [0.2, 0.25) is 0 Å². The lowest BCUT2D eigenvalue weighted by Gasteiger charge is -2.14. The van der Waals surface area contributed by atoms with E-state index in [1.54, 1.807) is 11.8 Å². The summed E-state index contributed by atoms with van der Waals surface area (Å²) in [5.41, 5.74) is 2.24. The van der Waals surface area contributed by atoms with Crippen molar-refractivity contribution >= 4 is 33.4 Å². The molecule has 1 aliphatic rings. The Morgan fingerprint density at radius 3 is 2.76 bits per heavy atom. The van der Waals surface area contributed by atoms with Crippen molar-refractivity contribution in [3.05, 3.63) is 40.1 Å². The molecule has 2 heterocycles. The van der Waals surface area contributed by atoms with Gasteiger partial charge in [-0.15, -0.1) is 10.2 Å². The number of hydrogen-bond donors (Lipinski definition) is 0. The minimum absolute atomic E-state index is 0.842. The molecule has 0 aliphatic carbocycles. The fourth-order valence-electron chi connectivity index (χ4n) is 2.24. The summed E-state index contributed by atoms with van der Waals surface area (Å²) in [4.78, 5) is 0. The largest absolute Gasteiger partial charge is 0.212 e. The molecule has 4 nitrogen and oxygen atoms in total. The molecule has 1 aliphatic heterocycles. The van der Waals surface area contributed by atoms with Crippen LogP contribution < -0.4 is 0 Å². The van der Waals surface area contributed by atoms with Gasteiger partial charge in [-0.25, -0.2) is 0 Å². The van der Waals surface area contributed by atoms with Crippen LogP contribution >= 0.6 is 27.7 Å². The lowest BCUT2D eigenvalue weighted by atomic mass is 10.1. The van der Waals surface area contributed by atoms with Gasteiger partial charge in [-0.3, -0.25) is 0 Å². The van der Waals surface area contributed by atoms with Crippen molar-refractivity contribution in [2.45, 2.75) is 37.8 Å². The maximum atomic E-state index is 4.76. The molecular weight excluding hydrogens is 348 g/mol. The Kier molecular flexibility index (Phi) is 4.75. The predicted octanol–water partition coefficient (Wildman–Crippen LogP) is 4.13. The van der Waals surface area contributed by atoms with Gasteiger partial charge < -0.3 is 0 Å². The zero-order chi connectivity index (χ0) is 14.7. The summed E-state index contributed by atoms with van der Waals surface area (Å²) < 4.78 is 3.00. The molecule has 0 amide bonds. The smallest absolute Gasteiger partial charge is 0.191 e. The Labute approximate surface area is 137 Å². The van der Waals surface area contributed by atoms with Crippen molar-refractivity contribution in [3.63, 3.8) is 0 Å². The van der Waals surface area contributed by atoms with Crippen molar-refractivity contribution in [1.29, 1.82) is 0 Å². The maximum absolute atomic E-state index is 4.76. The average Bonchev–Trinajstić information content (AvgIpc) is 2.91. The van der Waals surface area contributed by atoms with Crippen LogP contribution in [0.1, 0.15) is 37.6 Å². The van der Waals surface area contributed by atoms with Crippen molar-refractivity contribution in [2.75, 3.05) is 5.75 Å². The number of halogens is 1. The summed E-state index contributed by atoms with van der Waals surface area (Å²) in [6, 6.07) is 8.28. The summed E-state index contributed by atoms with van der Waals surface area (Å²) in [6.07, 6.45) is 4.52. The van der Waals surface area contributed by atoms with Crippen LogP contribution in [0.15, 0.2) is 39.0 Å². The maximum Gasteiger partial charge on any atom is 0.212 e. The van der Waals surface area contributed by atoms with Crippen LogP contribution in [-0.4, -0.2) is 26.3 Å². The lowest BCUT2D eigenvalue weighted by Crippen LogP contribution is -2.14. The minimum Gasteiger partial charge on any atom is -0.191 e. The van der Waals surface area contributed by atoms with E-state index in [4.69, 9.17) is 5.10 Å². The number of hydrogen-bond acceptors (Lipinski definition) is 4. The molecule has 6 heteroatoms. The second-order valence-corrected chi connectivity index (χ2v) is 6.87. The van der Waals surface area contributed by atoms with Gasteiger partial charge in [-0.2, -0.15) is 9.78 Å². The number of benzene rings is 1. The molecular formula is C15H17BrN4S. The third-order valence-corrected chi connectivity index (χ3v) is 4.88. The first kappa shape index (κ1) is 14.8. The highest BCUT2D eigenvalue weighted by atomic mass is 79.9. The average molecular weight is 365 g/mol. The first-order valence-electron chi connectivity index (χ1n) is 7.19. The van der Waals surface area contributed by atoms with Crippen LogP contribution in [0.5, 0.6) is 0 Å². The quantitative estimate of drug-likeness (QED) is 0.749. The molecule has 0 radical (unpaired) electrons. The highest BCUT2D eigenvalue weighted by molar-refractivity contribution is 9.10. The van der Waals surface area contributed by atoms with Crippen molar-refractivity contribution < 1.29 is 0 Å². The van der Waals surface area contributed by atoms with Crippen molar-refractivity contribution in [1.82, 2.24) is 14.9 Å². The van der Waals surface area contributed by atoms with Gasteiger partial charge in [0.15, 0.2) is 5.82 Å². The highest BCUT2D eigenvalue weighted by Gasteiger charge is 2.19. The van der Waals surface area contributed by atoms with Crippen LogP contribution in [-0.2, 0) is 6.42 Å². The van der Waals surface area contributed by atoms with Crippen LogP contribution in [0.25, 0.3) is 0 Å². The Morgan fingerprint density at radius 2 is 2.00 bits per heavy atom. The molecule has 21 heavy (non-hydrogen) atoms. The molecule has 1 aromatic heterocycles. The molecule has 3 rings (SSSR count). The van der Waals surface area contributed by atoms with E-state index in [1.165, 1.54) is 12.8 Å². The Hall–Kier alpha value is -1.14. The van der Waals surface area contributed by atoms with Gasteiger partial charge in [0.25, 0.3) is 0 Å². The molecule has 0 atom stereocenters. The van der Waals surface area contributed by atoms with E-state index in [0.717, 1.165) is 45.3 Å². The third kappa shape index (κ3) is 3.37. The number of fused-ring (bicyclic) bond motifs is 1. The molecule has 0 spiro atoms. The minimum atomic E-state index is 0.842. The van der Waals surface area contributed by atoms with Crippen LogP contribution in [0.4, 0.5) is 0 Å². The number of rotatable bonds is 5.